The van der Waals surface area contributed by atoms with Crippen LogP contribution in [0.4, 0.5) is 14.5 Å². The molecule has 0 atom stereocenters. The van der Waals surface area contributed by atoms with Crippen molar-refractivity contribution in [2.24, 2.45) is 0 Å². The number of hydrogen-bond acceptors (Lipinski definition) is 3. The largest absolute Gasteiger partial charge is 0.494 e. The summed E-state index contributed by atoms with van der Waals surface area (Å²) in [5, 5.41) is 2.83. The van der Waals surface area contributed by atoms with Crippen LogP contribution in [0.1, 0.15) is 43.2 Å². The fourth-order valence-electron chi connectivity index (χ4n) is 3.65. The Morgan fingerprint density at radius 3 is 2.73 bits per heavy atom. The van der Waals surface area contributed by atoms with Gasteiger partial charge >= 0.3 is 0 Å². The Labute approximate surface area is 174 Å². The van der Waals surface area contributed by atoms with Gasteiger partial charge in [0.05, 0.1) is 6.61 Å². The summed E-state index contributed by atoms with van der Waals surface area (Å²) in [6.07, 6.45) is 3.83. The number of amides is 2. The number of fused-ring (bicyclic) bond motifs is 1. The number of nitrogens with zero attached hydrogens (tertiary/aromatic N) is 1. The first-order valence-corrected chi connectivity index (χ1v) is 10.3. The second kappa shape index (κ2) is 8.81. The Bertz CT molecular complexity index is 959. The first kappa shape index (κ1) is 20.3. The number of aryl methyl sites for hydroxylation is 1. The molecular formula is C23H24F2N2O3. The van der Waals surface area contributed by atoms with E-state index < -0.39 is 11.6 Å². The Balaban J connectivity index is 1.27. The molecule has 2 aromatic rings. The van der Waals surface area contributed by atoms with Crippen molar-refractivity contribution >= 4 is 17.5 Å². The Morgan fingerprint density at radius 2 is 1.97 bits per heavy atom. The summed E-state index contributed by atoms with van der Waals surface area (Å²) in [4.78, 5) is 25.8. The fourth-order valence-corrected chi connectivity index (χ4v) is 3.65. The molecule has 1 saturated carbocycles. The van der Waals surface area contributed by atoms with Gasteiger partial charge in [0.2, 0.25) is 11.8 Å². The Morgan fingerprint density at radius 1 is 1.13 bits per heavy atom. The number of ether oxygens (including phenoxy) is 1. The minimum atomic E-state index is -0.625. The highest BCUT2D eigenvalue weighted by Crippen LogP contribution is 2.30. The molecule has 1 aliphatic carbocycles. The molecule has 0 unspecified atom stereocenters. The second-order valence-electron chi connectivity index (χ2n) is 7.81. The first-order valence-electron chi connectivity index (χ1n) is 10.3. The maximum atomic E-state index is 14.0. The van der Waals surface area contributed by atoms with E-state index in [2.05, 4.69) is 5.32 Å². The third kappa shape index (κ3) is 4.96. The van der Waals surface area contributed by atoms with Gasteiger partial charge < -0.3 is 15.0 Å². The van der Waals surface area contributed by atoms with Gasteiger partial charge in [0.1, 0.15) is 17.4 Å². The molecule has 5 nitrogen and oxygen atoms in total. The zero-order valence-electron chi connectivity index (χ0n) is 16.6. The fraction of sp³-hybridized carbons (Fsp3) is 0.391. The summed E-state index contributed by atoms with van der Waals surface area (Å²) in [6, 6.07) is 9.16. The minimum Gasteiger partial charge on any atom is -0.494 e. The van der Waals surface area contributed by atoms with Gasteiger partial charge in [-0.05, 0) is 55.5 Å². The molecule has 0 saturated heterocycles. The van der Waals surface area contributed by atoms with Crippen molar-refractivity contribution in [2.75, 3.05) is 11.9 Å². The van der Waals surface area contributed by atoms with E-state index in [0.717, 1.165) is 30.2 Å². The summed E-state index contributed by atoms with van der Waals surface area (Å²) < 4.78 is 32.9. The lowest BCUT2D eigenvalue weighted by atomic mass is 10.0. The zero-order chi connectivity index (χ0) is 21.1. The first-order chi connectivity index (χ1) is 14.5. The number of benzene rings is 2. The van der Waals surface area contributed by atoms with Crippen molar-refractivity contribution in [1.29, 1.82) is 0 Å². The van der Waals surface area contributed by atoms with Crippen LogP contribution in [-0.2, 0) is 22.6 Å². The maximum absolute atomic E-state index is 14.0. The van der Waals surface area contributed by atoms with Crippen LogP contribution in [0, 0.1) is 11.6 Å². The molecule has 0 aromatic heterocycles. The van der Waals surface area contributed by atoms with E-state index >= 15 is 0 Å². The van der Waals surface area contributed by atoms with Crippen LogP contribution in [0.3, 0.4) is 0 Å². The molecule has 1 fully saturated rings. The molecule has 1 aliphatic heterocycles. The van der Waals surface area contributed by atoms with E-state index in [4.69, 9.17) is 4.74 Å². The zero-order valence-corrected chi connectivity index (χ0v) is 16.6. The lowest BCUT2D eigenvalue weighted by molar-refractivity contribution is -0.132. The number of halogens is 2. The third-order valence-electron chi connectivity index (χ3n) is 5.44. The van der Waals surface area contributed by atoms with Gasteiger partial charge in [0.25, 0.3) is 0 Å². The molecule has 0 radical (unpaired) electrons. The molecule has 1 N–H and O–H groups in total. The summed E-state index contributed by atoms with van der Waals surface area (Å²) in [5.41, 5.74) is 2.19. The molecule has 2 amide bonds. The summed E-state index contributed by atoms with van der Waals surface area (Å²) in [7, 11) is 0. The summed E-state index contributed by atoms with van der Waals surface area (Å²) in [6.45, 7) is 0.549. The van der Waals surface area contributed by atoms with E-state index in [0.29, 0.717) is 43.6 Å². The number of carbonyl (C=O) groups is 2. The van der Waals surface area contributed by atoms with Crippen molar-refractivity contribution < 1.29 is 23.1 Å². The van der Waals surface area contributed by atoms with Crippen LogP contribution in [0.15, 0.2) is 36.4 Å². The molecule has 1 heterocycles. The van der Waals surface area contributed by atoms with Crippen LogP contribution in [-0.4, -0.2) is 29.4 Å². The number of nitrogens with one attached hydrogen (secondary N) is 1. The van der Waals surface area contributed by atoms with E-state index in [1.807, 2.05) is 12.1 Å². The minimum absolute atomic E-state index is 0.0235. The molecule has 30 heavy (non-hydrogen) atoms. The highest BCUT2D eigenvalue weighted by molar-refractivity contribution is 5.94. The standard InChI is InChI=1S/C23H24F2N2O3/c24-17-5-3-16(20(25)13-17)14-27(18-6-7-18)23(29)2-1-11-30-19-8-9-21-15(12-19)4-10-22(28)26-21/h3,5,8-9,12-13,18H,1-2,4,6-7,10-11,14H2,(H,26,28). The molecule has 2 aliphatic rings. The maximum Gasteiger partial charge on any atom is 0.224 e. The number of carbonyl (C=O) groups excluding carboxylic acids is 2. The van der Waals surface area contributed by atoms with Crippen LogP contribution >= 0.6 is 0 Å². The van der Waals surface area contributed by atoms with Crippen LogP contribution in [0.5, 0.6) is 5.75 Å². The van der Waals surface area contributed by atoms with Crippen molar-refractivity contribution in [2.45, 2.75) is 51.1 Å². The van der Waals surface area contributed by atoms with Gasteiger partial charge in [-0.2, -0.15) is 0 Å². The molecule has 4 rings (SSSR count). The monoisotopic (exact) mass is 414 g/mol. The van der Waals surface area contributed by atoms with E-state index in [1.54, 1.807) is 11.0 Å². The SMILES string of the molecule is O=C1CCc2cc(OCCCC(=O)N(Cc3ccc(F)cc3F)C3CC3)ccc2N1. The van der Waals surface area contributed by atoms with Gasteiger partial charge in [-0.1, -0.05) is 6.07 Å². The van der Waals surface area contributed by atoms with Gasteiger partial charge in [-0.25, -0.2) is 8.78 Å². The van der Waals surface area contributed by atoms with E-state index in [1.165, 1.54) is 12.1 Å². The Hall–Kier alpha value is -2.96. The predicted octanol–water partition coefficient (Wildman–Crippen LogP) is 4.20. The van der Waals surface area contributed by atoms with Crippen molar-refractivity contribution in [3.8, 4) is 5.75 Å². The average molecular weight is 414 g/mol. The van der Waals surface area contributed by atoms with Crippen LogP contribution in [0.25, 0.3) is 0 Å². The van der Waals surface area contributed by atoms with Gasteiger partial charge in [0, 0.05) is 42.7 Å². The number of rotatable bonds is 8. The predicted molar refractivity (Wildman–Crippen MR) is 108 cm³/mol. The van der Waals surface area contributed by atoms with E-state index in [-0.39, 0.29) is 24.4 Å². The normalized spacial score (nSPS) is 15.3. The van der Waals surface area contributed by atoms with Crippen LogP contribution < -0.4 is 10.1 Å². The molecule has 158 valence electrons. The topological polar surface area (TPSA) is 58.6 Å². The quantitative estimate of drug-likeness (QED) is 0.659. The van der Waals surface area contributed by atoms with Crippen LogP contribution in [0.2, 0.25) is 0 Å². The molecule has 2 aromatic carbocycles. The number of hydrogen-bond donors (Lipinski definition) is 1. The highest BCUT2D eigenvalue weighted by Gasteiger charge is 2.32. The Kier molecular flexibility index (Phi) is 5.97. The average Bonchev–Trinajstić information content (AvgIpc) is 3.55. The highest BCUT2D eigenvalue weighted by atomic mass is 19.1. The van der Waals surface area contributed by atoms with Crippen molar-refractivity contribution in [3.63, 3.8) is 0 Å². The molecule has 7 heteroatoms. The molecular weight excluding hydrogens is 390 g/mol. The molecule has 0 spiro atoms. The van der Waals surface area contributed by atoms with Crippen molar-refractivity contribution in [1.82, 2.24) is 4.90 Å². The summed E-state index contributed by atoms with van der Waals surface area (Å²) in [5.74, 6) is -0.555. The van der Waals surface area contributed by atoms with Gasteiger partial charge in [-0.3, -0.25) is 9.59 Å². The molecule has 0 bridgehead atoms. The van der Waals surface area contributed by atoms with Crippen molar-refractivity contribution in [3.05, 3.63) is 59.2 Å². The van der Waals surface area contributed by atoms with Gasteiger partial charge in [-0.15, -0.1) is 0 Å². The smallest absolute Gasteiger partial charge is 0.224 e. The second-order valence-corrected chi connectivity index (χ2v) is 7.81. The van der Waals surface area contributed by atoms with Gasteiger partial charge in [0.15, 0.2) is 0 Å². The third-order valence-corrected chi connectivity index (χ3v) is 5.44. The lowest BCUT2D eigenvalue weighted by Crippen LogP contribution is -2.33. The summed E-state index contributed by atoms with van der Waals surface area (Å²) >= 11 is 0. The van der Waals surface area contributed by atoms with E-state index in [9.17, 15) is 18.4 Å². The lowest BCUT2D eigenvalue weighted by Gasteiger charge is -2.23. The number of anilines is 1.